The van der Waals surface area contributed by atoms with Crippen molar-refractivity contribution in [1.29, 1.82) is 0 Å². The van der Waals surface area contributed by atoms with Crippen LogP contribution in [0.4, 0.5) is 31.4 Å². The molecule has 0 bridgehead atoms. The Morgan fingerprint density at radius 1 is 0.342 bits per heavy atom. The van der Waals surface area contributed by atoms with E-state index in [0.29, 0.717) is 33.9 Å². The van der Waals surface area contributed by atoms with Crippen LogP contribution < -0.4 is 19.1 Å². The summed E-state index contributed by atoms with van der Waals surface area (Å²) in [7, 11) is 0. The van der Waals surface area contributed by atoms with Gasteiger partial charge in [0.05, 0.1) is 16.7 Å². The zero-order valence-corrected chi connectivity index (χ0v) is 44.5. The predicted molar refractivity (Wildman–Crippen MR) is 287 cm³/mol. The molecule has 0 saturated heterocycles. The molecule has 0 fully saturated rings. The second-order valence-electron chi connectivity index (χ2n) is 20.8. The van der Waals surface area contributed by atoms with Crippen LogP contribution in [0.5, 0.6) is 17.2 Å². The summed E-state index contributed by atoms with van der Waals surface area (Å²) >= 11 is 0. The van der Waals surface area contributed by atoms with E-state index in [-0.39, 0.29) is 0 Å². The molecule has 0 aliphatic heterocycles. The summed E-state index contributed by atoms with van der Waals surface area (Å²) in [5.74, 6) is 20.5. The van der Waals surface area contributed by atoms with Gasteiger partial charge in [0.25, 0.3) is 0 Å². The maximum absolute atomic E-state index is 12.6. The van der Waals surface area contributed by atoms with Gasteiger partial charge < -0.3 is 33.3 Å². The zero-order valence-electron chi connectivity index (χ0n) is 44.5. The molecule has 6 rings (SSSR count). The van der Waals surface area contributed by atoms with Crippen molar-refractivity contribution in [1.82, 2.24) is 0 Å². The first-order valence-electron chi connectivity index (χ1n) is 23.9. The number of carbonyl (C=O) groups excluding carboxylic acids is 3. The quantitative estimate of drug-likeness (QED) is 0.0692. The molecule has 0 radical (unpaired) electrons. The molecular weight excluding hydrogens is 915 g/mol. The molecule has 0 spiro atoms. The highest BCUT2D eigenvalue weighted by Gasteiger charge is 2.22. The summed E-state index contributed by atoms with van der Waals surface area (Å²) in [6.45, 7) is 27.9. The molecule has 0 heterocycles. The lowest BCUT2D eigenvalue weighted by Gasteiger charge is -2.27. The molecular formula is C63H63NO9. The third-order valence-electron chi connectivity index (χ3n) is 10.6. The molecule has 0 amide bonds. The van der Waals surface area contributed by atoms with Gasteiger partial charge in [-0.15, -0.1) is 0 Å². The highest BCUT2D eigenvalue weighted by Crippen LogP contribution is 2.37. The molecule has 6 aromatic carbocycles. The Morgan fingerprint density at radius 2 is 0.589 bits per heavy atom. The van der Waals surface area contributed by atoms with Gasteiger partial charge in [-0.1, -0.05) is 53.7 Å². The van der Waals surface area contributed by atoms with Crippen LogP contribution in [0.3, 0.4) is 0 Å². The molecule has 10 nitrogen and oxygen atoms in total. The lowest BCUT2D eigenvalue weighted by atomic mass is 10.0. The van der Waals surface area contributed by atoms with Crippen molar-refractivity contribution in [3.63, 3.8) is 0 Å². The number of carbonyl (C=O) groups is 3. The largest absolute Gasteiger partial charge is 0.514 e. The number of benzene rings is 6. The fourth-order valence-corrected chi connectivity index (χ4v) is 7.21. The van der Waals surface area contributed by atoms with E-state index >= 15 is 0 Å². The average Bonchev–Trinajstić information content (AvgIpc) is 3.26. The monoisotopic (exact) mass is 977 g/mol. The first-order valence-corrected chi connectivity index (χ1v) is 23.9. The first-order chi connectivity index (χ1) is 34.2. The van der Waals surface area contributed by atoms with Crippen LogP contribution in [0.25, 0.3) is 0 Å². The Kier molecular flexibility index (Phi) is 16.5. The van der Waals surface area contributed by atoms with Crippen LogP contribution in [0.15, 0.2) is 109 Å². The lowest BCUT2D eigenvalue weighted by molar-refractivity contribution is 0.0192. The van der Waals surface area contributed by atoms with E-state index in [1.165, 1.54) is 0 Å². The van der Waals surface area contributed by atoms with Gasteiger partial charge >= 0.3 is 18.5 Å². The van der Waals surface area contributed by atoms with Crippen molar-refractivity contribution in [2.45, 2.75) is 121 Å². The van der Waals surface area contributed by atoms with E-state index in [1.807, 2.05) is 114 Å². The summed E-state index contributed by atoms with van der Waals surface area (Å²) in [4.78, 5) is 40.0. The molecule has 0 aliphatic rings. The smallest absolute Gasteiger partial charge is 0.428 e. The zero-order chi connectivity index (χ0) is 53.4. The van der Waals surface area contributed by atoms with Crippen molar-refractivity contribution in [3.8, 4) is 52.8 Å². The van der Waals surface area contributed by atoms with Gasteiger partial charge in [-0.2, -0.15) is 0 Å². The third-order valence-corrected chi connectivity index (χ3v) is 10.6. The fraction of sp³-hybridized carbons (Fsp3) is 0.286. The molecule has 10 heteroatoms. The van der Waals surface area contributed by atoms with Crippen LogP contribution in [-0.2, 0) is 14.2 Å². The normalized spacial score (nSPS) is 11.1. The number of anilines is 3. The van der Waals surface area contributed by atoms with Crippen LogP contribution >= 0.6 is 0 Å². The van der Waals surface area contributed by atoms with E-state index in [9.17, 15) is 14.4 Å². The Hall–Kier alpha value is -8.39. The number of rotatable bonds is 6. The molecule has 0 aliphatic carbocycles. The summed E-state index contributed by atoms with van der Waals surface area (Å²) < 4.78 is 33.0. The van der Waals surface area contributed by atoms with E-state index in [2.05, 4.69) is 58.6 Å². The summed E-state index contributed by atoms with van der Waals surface area (Å²) in [5, 5.41) is 0. The van der Waals surface area contributed by atoms with Crippen molar-refractivity contribution in [2.75, 3.05) is 4.90 Å². The van der Waals surface area contributed by atoms with Gasteiger partial charge in [0.1, 0.15) is 34.1 Å². The molecule has 0 atom stereocenters. The van der Waals surface area contributed by atoms with E-state index < -0.39 is 35.3 Å². The minimum absolute atomic E-state index is 0.307. The average molecular weight is 978 g/mol. The molecule has 0 unspecified atom stereocenters. The number of ether oxygens (including phenoxy) is 6. The second kappa shape index (κ2) is 22.4. The molecule has 73 heavy (non-hydrogen) atoms. The van der Waals surface area contributed by atoms with Gasteiger partial charge in [0, 0.05) is 33.8 Å². The topological polar surface area (TPSA) is 110 Å². The molecule has 0 saturated carbocycles. The van der Waals surface area contributed by atoms with Crippen LogP contribution in [0.1, 0.15) is 129 Å². The second-order valence-corrected chi connectivity index (χ2v) is 20.8. The fourth-order valence-electron chi connectivity index (χ4n) is 7.21. The maximum atomic E-state index is 12.6. The van der Waals surface area contributed by atoms with Crippen molar-refractivity contribution < 1.29 is 42.8 Å². The first kappa shape index (κ1) is 54.0. The summed E-state index contributed by atoms with van der Waals surface area (Å²) in [6, 6.07) is 34.6. The number of hydrogen-bond acceptors (Lipinski definition) is 10. The number of nitrogens with zero attached hydrogens (tertiary/aromatic N) is 1. The standard InChI is InChI=1S/C63H63NO9/c1-40-16-31-55(68-58(65)71-61(7,8)9)49(34-40)22-19-46-25-28-52(37-43(46)4)64(53-29-26-47(44(5)38-53)20-23-50-35-41(2)17-32-56(50)69-59(66)72-62(10,11)12)54-30-27-48(45(6)39-54)21-24-51-36-42(3)18-33-57(51)70-60(67)73-63(13,14)15/h16-18,25-39H,1-15H3. The SMILES string of the molecule is Cc1ccc(OC(=O)OC(C)(C)C)c(C#Cc2ccc(N(c3ccc(C#Cc4cc(C)ccc4OC(=O)OC(C)(C)C)c(C)c3)c3ccc(C#Cc4cc(C)ccc4OC(=O)OC(C)(C)C)c(C)c3)cc2C)c1. The van der Waals surface area contributed by atoms with Gasteiger partial charge in [-0.25, -0.2) is 14.4 Å². The van der Waals surface area contributed by atoms with Crippen molar-refractivity contribution in [2.24, 2.45) is 0 Å². The van der Waals surface area contributed by atoms with Crippen LogP contribution in [0.2, 0.25) is 0 Å². The van der Waals surface area contributed by atoms with Crippen molar-refractivity contribution in [3.05, 3.63) is 176 Å². The molecule has 0 aromatic heterocycles. The van der Waals surface area contributed by atoms with Gasteiger partial charge in [0.15, 0.2) is 0 Å². The van der Waals surface area contributed by atoms with Gasteiger partial charge in [-0.05, 0) is 228 Å². The minimum Gasteiger partial charge on any atom is -0.428 e. The minimum atomic E-state index is -0.804. The molecule has 374 valence electrons. The van der Waals surface area contributed by atoms with Crippen LogP contribution in [-0.4, -0.2) is 35.3 Å². The third kappa shape index (κ3) is 15.8. The molecule has 6 aromatic rings. The highest BCUT2D eigenvalue weighted by molar-refractivity contribution is 5.79. The Bertz CT molecular complexity index is 2940. The van der Waals surface area contributed by atoms with Crippen LogP contribution in [0, 0.1) is 77.1 Å². The Labute approximate surface area is 430 Å². The van der Waals surface area contributed by atoms with Gasteiger partial charge in [0.2, 0.25) is 0 Å². The number of aryl methyl sites for hydroxylation is 6. The van der Waals surface area contributed by atoms with E-state index in [0.717, 1.165) is 67.1 Å². The van der Waals surface area contributed by atoms with Gasteiger partial charge in [-0.3, -0.25) is 0 Å². The summed E-state index contributed by atoms with van der Waals surface area (Å²) in [5.41, 5.74) is 10.1. The number of hydrogen-bond donors (Lipinski definition) is 0. The predicted octanol–water partition coefficient (Wildman–Crippen LogP) is 15.1. The highest BCUT2D eigenvalue weighted by atomic mass is 16.7. The Morgan fingerprint density at radius 3 is 0.822 bits per heavy atom. The van der Waals surface area contributed by atoms with E-state index in [1.54, 1.807) is 80.5 Å². The Balaban J connectivity index is 1.39. The van der Waals surface area contributed by atoms with Crippen molar-refractivity contribution >= 4 is 35.5 Å². The molecule has 0 N–H and O–H groups in total. The maximum Gasteiger partial charge on any atom is 0.514 e. The lowest BCUT2D eigenvalue weighted by Crippen LogP contribution is -2.26. The van der Waals surface area contributed by atoms with E-state index in [4.69, 9.17) is 28.4 Å². The summed E-state index contributed by atoms with van der Waals surface area (Å²) in [6.07, 6.45) is -2.41.